The van der Waals surface area contributed by atoms with Crippen LogP contribution in [0.1, 0.15) is 20.9 Å². The standard InChI is InChI=1S/C21H17N3O2S/c1-13-8-10-16(11-9-13)18-20-19(22-14(2)27-20)21(26)24(23-18)12-17(25)15-6-4-3-5-7-15/h3-11H,12H2,1-2H3. The Kier molecular flexibility index (Phi) is 4.41. The van der Waals surface area contributed by atoms with Gasteiger partial charge in [-0.05, 0) is 13.8 Å². The van der Waals surface area contributed by atoms with Crippen LogP contribution < -0.4 is 5.56 Å². The first-order valence-corrected chi connectivity index (χ1v) is 9.38. The molecule has 0 saturated heterocycles. The number of ketones is 1. The van der Waals surface area contributed by atoms with Crippen molar-refractivity contribution in [2.24, 2.45) is 0 Å². The summed E-state index contributed by atoms with van der Waals surface area (Å²) in [6.07, 6.45) is 0. The molecule has 2 aromatic heterocycles. The topological polar surface area (TPSA) is 64.8 Å². The maximum atomic E-state index is 12.8. The Hall–Kier alpha value is -3.12. The third kappa shape index (κ3) is 3.31. The van der Waals surface area contributed by atoms with Crippen LogP contribution in [0.3, 0.4) is 0 Å². The first-order valence-electron chi connectivity index (χ1n) is 8.56. The molecule has 0 unspecified atom stereocenters. The molecule has 0 spiro atoms. The van der Waals surface area contributed by atoms with Crippen LogP contribution in [0, 0.1) is 13.8 Å². The Balaban J connectivity index is 1.86. The molecule has 0 amide bonds. The van der Waals surface area contributed by atoms with Gasteiger partial charge in [-0.25, -0.2) is 9.67 Å². The van der Waals surface area contributed by atoms with E-state index in [1.165, 1.54) is 16.0 Å². The lowest BCUT2D eigenvalue weighted by Crippen LogP contribution is -2.27. The summed E-state index contributed by atoms with van der Waals surface area (Å²) < 4.78 is 1.98. The minimum absolute atomic E-state index is 0.117. The molecular weight excluding hydrogens is 358 g/mol. The molecular formula is C21H17N3O2S. The predicted molar refractivity (Wildman–Crippen MR) is 107 cm³/mol. The number of fused-ring (bicyclic) bond motifs is 1. The maximum absolute atomic E-state index is 12.8. The summed E-state index contributed by atoms with van der Waals surface area (Å²) in [4.78, 5) is 29.8. The number of Topliss-reactive ketones (excluding diaryl/α,β-unsaturated/α-hetero) is 1. The van der Waals surface area contributed by atoms with Gasteiger partial charge in [0.05, 0.1) is 9.71 Å². The number of nitrogens with zero attached hydrogens (tertiary/aromatic N) is 3. The van der Waals surface area contributed by atoms with Crippen molar-refractivity contribution < 1.29 is 4.79 Å². The van der Waals surface area contributed by atoms with Crippen LogP contribution in [0.2, 0.25) is 0 Å². The summed E-state index contributed by atoms with van der Waals surface area (Å²) in [6, 6.07) is 16.9. The number of aryl methyl sites for hydroxylation is 2. The van der Waals surface area contributed by atoms with Crippen molar-refractivity contribution in [2.75, 3.05) is 0 Å². The molecule has 0 radical (unpaired) electrons. The van der Waals surface area contributed by atoms with Gasteiger partial charge in [0.2, 0.25) is 0 Å². The van der Waals surface area contributed by atoms with Gasteiger partial charge in [-0.2, -0.15) is 5.10 Å². The second-order valence-corrected chi connectivity index (χ2v) is 7.58. The lowest BCUT2D eigenvalue weighted by molar-refractivity contribution is 0.0966. The van der Waals surface area contributed by atoms with Crippen molar-refractivity contribution in [3.63, 3.8) is 0 Å². The Morgan fingerprint density at radius 1 is 1.04 bits per heavy atom. The normalized spacial score (nSPS) is 11.0. The molecule has 0 aliphatic rings. The van der Waals surface area contributed by atoms with Gasteiger partial charge < -0.3 is 0 Å². The van der Waals surface area contributed by atoms with Crippen LogP contribution in [0.15, 0.2) is 59.4 Å². The highest BCUT2D eigenvalue weighted by molar-refractivity contribution is 7.19. The molecule has 6 heteroatoms. The number of rotatable bonds is 4. The van der Waals surface area contributed by atoms with Gasteiger partial charge in [0, 0.05) is 11.1 Å². The quantitative estimate of drug-likeness (QED) is 0.505. The molecule has 2 heterocycles. The first-order chi connectivity index (χ1) is 13.0. The molecule has 134 valence electrons. The van der Waals surface area contributed by atoms with Gasteiger partial charge in [0.25, 0.3) is 5.56 Å². The summed E-state index contributed by atoms with van der Waals surface area (Å²) in [5.41, 5.74) is 3.30. The van der Waals surface area contributed by atoms with E-state index in [1.54, 1.807) is 24.3 Å². The van der Waals surface area contributed by atoms with Crippen LogP contribution >= 0.6 is 11.3 Å². The monoisotopic (exact) mass is 375 g/mol. The molecule has 0 atom stereocenters. The van der Waals surface area contributed by atoms with E-state index < -0.39 is 0 Å². The van der Waals surface area contributed by atoms with Crippen LogP contribution in [-0.2, 0) is 6.54 Å². The van der Waals surface area contributed by atoms with Gasteiger partial charge >= 0.3 is 0 Å². The van der Waals surface area contributed by atoms with Crippen molar-refractivity contribution in [2.45, 2.75) is 20.4 Å². The first kappa shape index (κ1) is 17.3. The van der Waals surface area contributed by atoms with Gasteiger partial charge in [0.1, 0.15) is 12.2 Å². The molecule has 4 aromatic rings. The van der Waals surface area contributed by atoms with Gasteiger partial charge in [0.15, 0.2) is 11.3 Å². The molecule has 27 heavy (non-hydrogen) atoms. The minimum Gasteiger partial charge on any atom is -0.292 e. The molecule has 5 nitrogen and oxygen atoms in total. The molecule has 2 aromatic carbocycles. The summed E-state index contributed by atoms with van der Waals surface area (Å²) in [6.45, 7) is 3.76. The van der Waals surface area contributed by atoms with Crippen LogP contribution in [0.5, 0.6) is 0 Å². The second-order valence-electron chi connectivity index (χ2n) is 6.38. The zero-order valence-corrected chi connectivity index (χ0v) is 15.8. The third-order valence-corrected chi connectivity index (χ3v) is 5.30. The van der Waals surface area contributed by atoms with Crippen LogP contribution in [0.4, 0.5) is 0 Å². The van der Waals surface area contributed by atoms with E-state index in [1.807, 2.05) is 44.2 Å². The number of hydrogen-bond acceptors (Lipinski definition) is 5. The van der Waals surface area contributed by atoms with E-state index in [-0.39, 0.29) is 17.9 Å². The van der Waals surface area contributed by atoms with E-state index >= 15 is 0 Å². The minimum atomic E-state index is -0.338. The summed E-state index contributed by atoms with van der Waals surface area (Å²) in [5, 5.41) is 5.33. The van der Waals surface area contributed by atoms with Crippen molar-refractivity contribution in [3.8, 4) is 11.3 Å². The highest BCUT2D eigenvalue weighted by Gasteiger charge is 2.18. The molecule has 0 saturated carbocycles. The fourth-order valence-corrected chi connectivity index (χ4v) is 3.84. The van der Waals surface area contributed by atoms with Gasteiger partial charge in [-0.15, -0.1) is 11.3 Å². The average Bonchev–Trinajstić information content (AvgIpc) is 3.07. The van der Waals surface area contributed by atoms with Crippen molar-refractivity contribution >= 4 is 27.3 Å². The Morgan fingerprint density at radius 2 is 1.74 bits per heavy atom. The van der Waals surface area contributed by atoms with Gasteiger partial charge in [-0.3, -0.25) is 9.59 Å². The zero-order valence-electron chi connectivity index (χ0n) is 15.0. The fraction of sp³-hybridized carbons (Fsp3) is 0.143. The Labute approximate surface area is 159 Å². The number of thiazole rings is 1. The highest BCUT2D eigenvalue weighted by atomic mass is 32.1. The zero-order chi connectivity index (χ0) is 19.0. The highest BCUT2D eigenvalue weighted by Crippen LogP contribution is 2.29. The molecule has 0 bridgehead atoms. The predicted octanol–water partition coefficient (Wildman–Crippen LogP) is 4.02. The van der Waals surface area contributed by atoms with E-state index in [0.717, 1.165) is 20.8 Å². The summed E-state index contributed by atoms with van der Waals surface area (Å²) in [5.74, 6) is -0.161. The number of carbonyl (C=O) groups is 1. The molecule has 0 N–H and O–H groups in total. The smallest absolute Gasteiger partial charge is 0.292 e. The summed E-state index contributed by atoms with van der Waals surface area (Å²) >= 11 is 1.44. The van der Waals surface area contributed by atoms with Crippen LogP contribution in [0.25, 0.3) is 21.5 Å². The number of carbonyl (C=O) groups excluding carboxylic acids is 1. The van der Waals surface area contributed by atoms with E-state index in [9.17, 15) is 9.59 Å². The average molecular weight is 375 g/mol. The molecule has 4 rings (SSSR count). The van der Waals surface area contributed by atoms with Crippen molar-refractivity contribution in [1.82, 2.24) is 14.8 Å². The van der Waals surface area contributed by atoms with E-state index in [4.69, 9.17) is 0 Å². The maximum Gasteiger partial charge on any atom is 0.294 e. The van der Waals surface area contributed by atoms with E-state index in [2.05, 4.69) is 10.1 Å². The fourth-order valence-electron chi connectivity index (χ4n) is 2.93. The van der Waals surface area contributed by atoms with Crippen molar-refractivity contribution in [3.05, 3.63) is 81.1 Å². The van der Waals surface area contributed by atoms with Crippen LogP contribution in [-0.4, -0.2) is 20.5 Å². The lowest BCUT2D eigenvalue weighted by Gasteiger charge is -2.08. The Morgan fingerprint density at radius 3 is 2.44 bits per heavy atom. The number of aromatic nitrogens is 3. The Bertz CT molecular complexity index is 1190. The lowest BCUT2D eigenvalue weighted by atomic mass is 10.1. The van der Waals surface area contributed by atoms with Gasteiger partial charge in [-0.1, -0.05) is 60.2 Å². The molecule has 0 aliphatic carbocycles. The van der Waals surface area contributed by atoms with Crippen molar-refractivity contribution in [1.29, 1.82) is 0 Å². The number of benzene rings is 2. The molecule has 0 fully saturated rings. The number of hydrogen-bond donors (Lipinski definition) is 0. The summed E-state index contributed by atoms with van der Waals surface area (Å²) in [7, 11) is 0. The molecule has 0 aliphatic heterocycles. The largest absolute Gasteiger partial charge is 0.294 e. The third-order valence-electron chi connectivity index (χ3n) is 4.32. The van der Waals surface area contributed by atoms with E-state index in [0.29, 0.717) is 16.8 Å². The second kappa shape index (κ2) is 6.89. The SMILES string of the molecule is Cc1ccc(-c2nn(CC(=O)c3ccccc3)c(=O)c3nc(C)sc23)cc1.